The number of pyridine rings is 1. The fourth-order valence-electron chi connectivity index (χ4n) is 1.34. The third-order valence-corrected chi connectivity index (χ3v) is 2.91. The van der Waals surface area contributed by atoms with Gasteiger partial charge < -0.3 is 4.74 Å². The minimum Gasteiger partial charge on any atom is -0.435 e. The Labute approximate surface area is 113 Å². The number of aromatic nitrogens is 3. The number of aryl methyl sites for hydroxylation is 1. The first-order valence-electron chi connectivity index (χ1n) is 5.13. The van der Waals surface area contributed by atoms with Crippen molar-refractivity contribution in [2.75, 3.05) is 0 Å². The summed E-state index contributed by atoms with van der Waals surface area (Å²) < 4.78 is 8.30. The lowest BCUT2D eigenvalue weighted by Crippen LogP contribution is -1.93. The molecule has 0 aliphatic heterocycles. The highest BCUT2D eigenvalue weighted by Crippen LogP contribution is 2.26. The molecule has 0 atom stereocenters. The Kier molecular flexibility index (Phi) is 4.02. The van der Waals surface area contributed by atoms with E-state index < -0.39 is 0 Å². The first kappa shape index (κ1) is 12.4. The van der Waals surface area contributed by atoms with Crippen LogP contribution < -0.4 is 4.74 Å². The summed E-state index contributed by atoms with van der Waals surface area (Å²) in [6, 6.07) is 1.89. The van der Waals surface area contributed by atoms with Gasteiger partial charge >= 0.3 is 0 Å². The molecule has 0 saturated heterocycles. The zero-order chi connectivity index (χ0) is 12.3. The van der Waals surface area contributed by atoms with Gasteiger partial charge in [-0.3, -0.25) is 4.68 Å². The Morgan fingerprint density at radius 1 is 1.47 bits per heavy atom. The summed E-state index contributed by atoms with van der Waals surface area (Å²) in [6.45, 7) is 2.82. The molecule has 2 rings (SSSR count). The first-order chi connectivity index (χ1) is 8.22. The van der Waals surface area contributed by atoms with E-state index in [1.54, 1.807) is 17.1 Å². The Hall–Kier alpha value is -1.07. The van der Waals surface area contributed by atoms with Crippen LogP contribution in [-0.2, 0) is 12.4 Å². The van der Waals surface area contributed by atoms with Crippen molar-refractivity contribution in [3.8, 4) is 11.6 Å². The first-order valence-corrected chi connectivity index (χ1v) is 6.46. The molecule has 0 aliphatic rings. The predicted molar refractivity (Wildman–Crippen MR) is 69.5 cm³/mol. The zero-order valence-electron chi connectivity index (χ0n) is 9.23. The highest BCUT2D eigenvalue weighted by molar-refractivity contribution is 9.10. The van der Waals surface area contributed by atoms with Crippen LogP contribution in [0.5, 0.6) is 11.6 Å². The van der Waals surface area contributed by atoms with Crippen molar-refractivity contribution < 1.29 is 4.74 Å². The minimum absolute atomic E-state index is 0.351. The maximum atomic E-state index is 5.84. The third-order valence-electron chi connectivity index (χ3n) is 2.18. The molecular formula is C11H11BrClN3O. The molecule has 6 heteroatoms. The lowest BCUT2D eigenvalue weighted by atomic mass is 10.3. The van der Waals surface area contributed by atoms with Crippen molar-refractivity contribution in [1.82, 2.24) is 14.8 Å². The second kappa shape index (κ2) is 5.51. The number of rotatable bonds is 4. The summed E-state index contributed by atoms with van der Waals surface area (Å²) in [5.74, 6) is 1.52. The second-order valence-corrected chi connectivity index (χ2v) is 4.57. The van der Waals surface area contributed by atoms with Crippen LogP contribution in [0.25, 0.3) is 0 Å². The van der Waals surface area contributed by atoms with Gasteiger partial charge in [0.25, 0.3) is 0 Å². The fourth-order valence-corrected chi connectivity index (χ4v) is 1.91. The van der Waals surface area contributed by atoms with Gasteiger partial charge in [-0.25, -0.2) is 4.98 Å². The molecule has 0 unspecified atom stereocenters. The number of hydrogen-bond acceptors (Lipinski definition) is 3. The Morgan fingerprint density at radius 3 is 2.94 bits per heavy atom. The Bertz CT molecular complexity index is 515. The molecule has 0 spiro atoms. The largest absolute Gasteiger partial charge is 0.435 e. The van der Waals surface area contributed by atoms with Crippen LogP contribution in [0.15, 0.2) is 29.1 Å². The highest BCUT2D eigenvalue weighted by atomic mass is 79.9. The summed E-state index contributed by atoms with van der Waals surface area (Å²) >= 11 is 9.19. The van der Waals surface area contributed by atoms with Crippen molar-refractivity contribution in [1.29, 1.82) is 0 Å². The fraction of sp³-hybridized carbons (Fsp3) is 0.273. The molecular weight excluding hydrogens is 305 g/mol. The van der Waals surface area contributed by atoms with Gasteiger partial charge in [0.1, 0.15) is 0 Å². The van der Waals surface area contributed by atoms with Crippen LogP contribution >= 0.6 is 27.5 Å². The molecule has 90 valence electrons. The van der Waals surface area contributed by atoms with E-state index in [-0.39, 0.29) is 0 Å². The van der Waals surface area contributed by atoms with Crippen molar-refractivity contribution in [3.05, 3.63) is 34.7 Å². The second-order valence-electron chi connectivity index (χ2n) is 3.39. The standard InChI is InChI=1S/C11H11BrClN3O/c1-2-16-7-10(6-15-16)17-11-8(4-13)3-9(12)5-14-11/h3,5-7H,2,4H2,1H3. The van der Waals surface area contributed by atoms with Gasteiger partial charge in [-0.05, 0) is 28.9 Å². The highest BCUT2D eigenvalue weighted by Gasteiger charge is 2.08. The molecule has 17 heavy (non-hydrogen) atoms. The van der Waals surface area contributed by atoms with E-state index in [4.69, 9.17) is 16.3 Å². The average Bonchev–Trinajstić information content (AvgIpc) is 2.79. The van der Waals surface area contributed by atoms with Gasteiger partial charge in [-0.1, -0.05) is 0 Å². The SMILES string of the molecule is CCn1cc(Oc2ncc(Br)cc2CCl)cn1. The molecule has 2 aromatic rings. The summed E-state index contributed by atoms with van der Waals surface area (Å²) in [5, 5.41) is 4.13. The van der Waals surface area contributed by atoms with E-state index in [2.05, 4.69) is 26.0 Å². The van der Waals surface area contributed by atoms with Crippen molar-refractivity contribution in [2.45, 2.75) is 19.3 Å². The molecule has 0 amide bonds. The number of halogens is 2. The predicted octanol–water partition coefficient (Wildman–Crippen LogP) is 3.59. The molecule has 0 N–H and O–H groups in total. The molecule has 0 saturated carbocycles. The lowest BCUT2D eigenvalue weighted by molar-refractivity contribution is 0.457. The molecule has 4 nitrogen and oxygen atoms in total. The molecule has 2 aromatic heterocycles. The normalized spacial score (nSPS) is 10.5. The average molecular weight is 317 g/mol. The van der Waals surface area contributed by atoms with E-state index in [1.165, 1.54) is 0 Å². The van der Waals surface area contributed by atoms with Gasteiger partial charge in [0.2, 0.25) is 5.88 Å². The number of nitrogens with zero attached hydrogens (tertiary/aromatic N) is 3. The topological polar surface area (TPSA) is 39.9 Å². The monoisotopic (exact) mass is 315 g/mol. The van der Waals surface area contributed by atoms with Crippen molar-refractivity contribution >= 4 is 27.5 Å². The summed E-state index contributed by atoms with van der Waals surface area (Å²) in [7, 11) is 0. The number of ether oxygens (including phenoxy) is 1. The number of alkyl halides is 1. The molecule has 0 bridgehead atoms. The Morgan fingerprint density at radius 2 is 2.29 bits per heavy atom. The molecule has 0 aromatic carbocycles. The van der Waals surface area contributed by atoms with Crippen LogP contribution in [0, 0.1) is 0 Å². The zero-order valence-corrected chi connectivity index (χ0v) is 11.6. The van der Waals surface area contributed by atoms with Crippen LogP contribution in [0.3, 0.4) is 0 Å². The van der Waals surface area contributed by atoms with Crippen LogP contribution in [0.4, 0.5) is 0 Å². The lowest BCUT2D eigenvalue weighted by Gasteiger charge is -2.06. The Balaban J connectivity index is 2.23. The van der Waals surface area contributed by atoms with E-state index >= 15 is 0 Å². The van der Waals surface area contributed by atoms with Crippen LogP contribution in [-0.4, -0.2) is 14.8 Å². The smallest absolute Gasteiger partial charge is 0.223 e. The van der Waals surface area contributed by atoms with Gasteiger partial charge in [0.05, 0.1) is 18.3 Å². The quantitative estimate of drug-likeness (QED) is 0.809. The summed E-state index contributed by atoms with van der Waals surface area (Å²) in [6.07, 6.45) is 5.16. The van der Waals surface area contributed by atoms with Crippen LogP contribution in [0.2, 0.25) is 0 Å². The van der Waals surface area contributed by atoms with Gasteiger partial charge in [0.15, 0.2) is 5.75 Å². The van der Waals surface area contributed by atoms with Gasteiger partial charge in [-0.15, -0.1) is 11.6 Å². The van der Waals surface area contributed by atoms with Gasteiger partial charge in [-0.2, -0.15) is 5.10 Å². The van der Waals surface area contributed by atoms with E-state index in [1.807, 2.05) is 19.2 Å². The molecule has 0 radical (unpaired) electrons. The molecule has 2 heterocycles. The molecule has 0 aliphatic carbocycles. The minimum atomic E-state index is 0.351. The van der Waals surface area contributed by atoms with Crippen molar-refractivity contribution in [3.63, 3.8) is 0 Å². The molecule has 0 fully saturated rings. The van der Waals surface area contributed by atoms with Gasteiger partial charge in [0, 0.05) is 22.8 Å². The van der Waals surface area contributed by atoms with E-state index in [0.717, 1.165) is 16.6 Å². The maximum Gasteiger partial charge on any atom is 0.223 e. The van der Waals surface area contributed by atoms with E-state index in [9.17, 15) is 0 Å². The third kappa shape index (κ3) is 2.98. The summed E-state index contributed by atoms with van der Waals surface area (Å²) in [5.41, 5.74) is 0.838. The number of hydrogen-bond donors (Lipinski definition) is 0. The summed E-state index contributed by atoms with van der Waals surface area (Å²) in [4.78, 5) is 4.19. The van der Waals surface area contributed by atoms with Crippen LogP contribution in [0.1, 0.15) is 12.5 Å². The van der Waals surface area contributed by atoms with E-state index in [0.29, 0.717) is 17.5 Å². The maximum absolute atomic E-state index is 5.84. The van der Waals surface area contributed by atoms with Crippen molar-refractivity contribution in [2.24, 2.45) is 0 Å².